The molecule has 0 aromatic carbocycles. The van der Waals surface area contributed by atoms with E-state index in [9.17, 15) is 4.79 Å². The minimum Gasteiger partial charge on any atom is -0.393 e. The third-order valence-corrected chi connectivity index (χ3v) is 3.68. The minimum atomic E-state index is -0.0725. The van der Waals surface area contributed by atoms with Crippen LogP contribution in [0.1, 0.15) is 35.1 Å². The molecule has 8 heteroatoms. The predicted molar refractivity (Wildman–Crippen MR) is 83.1 cm³/mol. The highest BCUT2D eigenvalue weighted by molar-refractivity contribution is 7.80. The summed E-state index contributed by atoms with van der Waals surface area (Å²) in [6.07, 6.45) is 2.18. The Morgan fingerprint density at radius 3 is 2.85 bits per heavy atom. The van der Waals surface area contributed by atoms with Crippen molar-refractivity contribution in [3.8, 4) is 0 Å². The molecule has 0 aliphatic heterocycles. The maximum atomic E-state index is 12.5. The average Bonchev–Trinajstić information content (AvgIpc) is 2.86. The van der Waals surface area contributed by atoms with E-state index in [1.54, 1.807) is 12.0 Å². The average molecular weight is 316 g/mol. The van der Waals surface area contributed by atoms with Gasteiger partial charge in [0.1, 0.15) is 4.88 Å². The van der Waals surface area contributed by atoms with Crippen molar-refractivity contribution in [2.75, 3.05) is 26.8 Å². The van der Waals surface area contributed by atoms with Crippen LogP contribution < -0.4 is 5.73 Å². The number of hydrogen-bond acceptors (Lipinski definition) is 6. The fourth-order valence-corrected chi connectivity index (χ4v) is 2.44. The van der Waals surface area contributed by atoms with Gasteiger partial charge >= 0.3 is 0 Å². The van der Waals surface area contributed by atoms with Gasteiger partial charge in [0.05, 0.1) is 17.3 Å². The first kappa shape index (κ1) is 16.9. The van der Waals surface area contributed by atoms with E-state index in [2.05, 4.69) is 9.59 Å². The number of rotatable bonds is 9. The Morgan fingerprint density at radius 2 is 2.25 bits per heavy atom. The van der Waals surface area contributed by atoms with Gasteiger partial charge in [0.2, 0.25) is 0 Å². The quantitative estimate of drug-likeness (QED) is 0.691. The monoisotopic (exact) mass is 316 g/mol. The van der Waals surface area contributed by atoms with Gasteiger partial charge < -0.3 is 15.4 Å². The van der Waals surface area contributed by atoms with Gasteiger partial charge in [-0.15, -0.1) is 5.10 Å². The van der Waals surface area contributed by atoms with Crippen molar-refractivity contribution in [3.05, 3.63) is 10.6 Å². The zero-order chi connectivity index (χ0) is 15.0. The van der Waals surface area contributed by atoms with Gasteiger partial charge in [-0.05, 0) is 18.0 Å². The molecule has 1 aromatic heterocycles. The normalized spacial score (nSPS) is 10.5. The van der Waals surface area contributed by atoms with Crippen molar-refractivity contribution in [2.24, 2.45) is 5.73 Å². The summed E-state index contributed by atoms with van der Waals surface area (Å²) < 4.78 is 8.92. The number of hydrogen-bond donors (Lipinski definition) is 1. The van der Waals surface area contributed by atoms with Crippen LogP contribution >= 0.6 is 23.8 Å². The second kappa shape index (κ2) is 8.93. The highest BCUT2D eigenvalue weighted by Crippen LogP contribution is 2.15. The third kappa shape index (κ3) is 5.10. The number of nitrogens with zero attached hydrogens (tertiary/aromatic N) is 3. The summed E-state index contributed by atoms with van der Waals surface area (Å²) in [5.41, 5.74) is 6.27. The van der Waals surface area contributed by atoms with Crippen LogP contribution in [0.4, 0.5) is 0 Å². The van der Waals surface area contributed by atoms with Gasteiger partial charge in [-0.3, -0.25) is 4.79 Å². The lowest BCUT2D eigenvalue weighted by Gasteiger charge is -2.21. The molecular weight excluding hydrogens is 296 g/mol. The molecule has 0 radical (unpaired) electrons. The number of carbonyl (C=O) groups excluding carboxylic acids is 1. The van der Waals surface area contributed by atoms with Crippen LogP contribution in [0.5, 0.6) is 0 Å². The number of methoxy groups -OCH3 is 1. The molecule has 0 bridgehead atoms. The first-order valence-electron chi connectivity index (χ1n) is 6.47. The predicted octanol–water partition coefficient (Wildman–Crippen LogP) is 1.26. The van der Waals surface area contributed by atoms with Crippen LogP contribution in [0, 0.1) is 0 Å². The third-order valence-electron chi connectivity index (χ3n) is 2.72. The van der Waals surface area contributed by atoms with Gasteiger partial charge in [0.15, 0.2) is 0 Å². The van der Waals surface area contributed by atoms with Gasteiger partial charge in [-0.2, -0.15) is 0 Å². The number of ether oxygens (including phenoxy) is 1. The van der Waals surface area contributed by atoms with Crippen LogP contribution in [-0.2, 0) is 11.2 Å². The number of nitrogens with two attached hydrogens (primary N) is 1. The Morgan fingerprint density at radius 1 is 1.50 bits per heavy atom. The van der Waals surface area contributed by atoms with E-state index in [0.29, 0.717) is 36.0 Å². The van der Waals surface area contributed by atoms with Gasteiger partial charge in [0, 0.05) is 26.6 Å². The van der Waals surface area contributed by atoms with Gasteiger partial charge in [-0.1, -0.05) is 30.1 Å². The molecule has 1 aromatic rings. The Balaban J connectivity index is 2.79. The maximum absolute atomic E-state index is 12.5. The Labute approximate surface area is 128 Å². The summed E-state index contributed by atoms with van der Waals surface area (Å²) >= 11 is 6.00. The molecule has 1 heterocycles. The fourth-order valence-electron chi connectivity index (χ4n) is 1.68. The van der Waals surface area contributed by atoms with E-state index in [1.807, 2.05) is 6.92 Å². The largest absolute Gasteiger partial charge is 0.393 e. The first-order chi connectivity index (χ1) is 9.60. The number of amides is 1. The van der Waals surface area contributed by atoms with E-state index in [0.717, 1.165) is 30.1 Å². The molecule has 0 saturated heterocycles. The lowest BCUT2D eigenvalue weighted by molar-refractivity contribution is 0.0704. The number of carbonyl (C=O) groups is 1. The SMILES string of the molecule is CCCc1nnsc1C(=O)N(CCOC)CCC(N)=S. The zero-order valence-electron chi connectivity index (χ0n) is 11.8. The van der Waals surface area contributed by atoms with E-state index >= 15 is 0 Å². The van der Waals surface area contributed by atoms with Crippen LogP contribution in [0.2, 0.25) is 0 Å². The fraction of sp³-hybridized carbons (Fsp3) is 0.667. The standard InChI is InChI=1S/C12H20N4O2S2/c1-3-4-9-11(20-15-14-9)12(17)16(7-8-18-2)6-5-10(13)19/h3-8H2,1-2H3,(H2,13,19). The van der Waals surface area contributed by atoms with Crippen LogP contribution in [0.15, 0.2) is 0 Å². The molecule has 0 unspecified atom stereocenters. The molecule has 20 heavy (non-hydrogen) atoms. The topological polar surface area (TPSA) is 81.3 Å². The minimum absolute atomic E-state index is 0.0725. The first-order valence-corrected chi connectivity index (χ1v) is 7.66. The molecule has 112 valence electrons. The van der Waals surface area contributed by atoms with Crippen molar-refractivity contribution < 1.29 is 9.53 Å². The molecule has 0 spiro atoms. The van der Waals surface area contributed by atoms with Crippen LogP contribution in [-0.4, -0.2) is 52.2 Å². The summed E-state index contributed by atoms with van der Waals surface area (Å²) in [6.45, 7) is 3.50. The maximum Gasteiger partial charge on any atom is 0.267 e. The van der Waals surface area contributed by atoms with Crippen molar-refractivity contribution in [2.45, 2.75) is 26.2 Å². The summed E-state index contributed by atoms with van der Waals surface area (Å²) in [4.78, 5) is 15.2. The summed E-state index contributed by atoms with van der Waals surface area (Å²) in [5, 5.41) is 4.02. The van der Waals surface area contributed by atoms with E-state index in [1.165, 1.54) is 0 Å². The highest BCUT2D eigenvalue weighted by atomic mass is 32.1. The number of aromatic nitrogens is 2. The molecule has 0 aliphatic carbocycles. The molecule has 6 nitrogen and oxygen atoms in total. The van der Waals surface area contributed by atoms with E-state index < -0.39 is 0 Å². The lowest BCUT2D eigenvalue weighted by Crippen LogP contribution is -2.36. The molecule has 0 aliphatic rings. The zero-order valence-corrected chi connectivity index (χ0v) is 13.4. The summed E-state index contributed by atoms with van der Waals surface area (Å²) in [6, 6.07) is 0. The number of thiocarbonyl (C=S) groups is 1. The smallest absolute Gasteiger partial charge is 0.267 e. The molecule has 1 amide bonds. The van der Waals surface area contributed by atoms with Crippen molar-refractivity contribution in [3.63, 3.8) is 0 Å². The molecule has 0 saturated carbocycles. The molecule has 0 fully saturated rings. The second-order valence-corrected chi connectivity index (χ2v) is 5.58. The molecule has 1 rings (SSSR count). The molecule has 2 N–H and O–H groups in total. The van der Waals surface area contributed by atoms with Crippen molar-refractivity contribution in [1.29, 1.82) is 0 Å². The van der Waals surface area contributed by atoms with E-state index in [-0.39, 0.29) is 5.91 Å². The highest BCUT2D eigenvalue weighted by Gasteiger charge is 2.21. The second-order valence-electron chi connectivity index (χ2n) is 4.30. The lowest BCUT2D eigenvalue weighted by atomic mass is 10.2. The molecular formula is C12H20N4O2S2. The Bertz CT molecular complexity index is 450. The Kier molecular flexibility index (Phi) is 7.56. The van der Waals surface area contributed by atoms with Crippen LogP contribution in [0.25, 0.3) is 0 Å². The van der Waals surface area contributed by atoms with Crippen molar-refractivity contribution in [1.82, 2.24) is 14.5 Å². The van der Waals surface area contributed by atoms with Gasteiger partial charge in [-0.25, -0.2) is 0 Å². The van der Waals surface area contributed by atoms with E-state index in [4.69, 9.17) is 22.7 Å². The van der Waals surface area contributed by atoms with Gasteiger partial charge in [0.25, 0.3) is 5.91 Å². The van der Waals surface area contributed by atoms with Crippen molar-refractivity contribution >= 4 is 34.6 Å². The Hall–Kier alpha value is -1.12. The summed E-state index contributed by atoms with van der Waals surface area (Å²) in [5.74, 6) is -0.0725. The molecule has 0 atom stereocenters. The number of aryl methyl sites for hydroxylation is 1. The summed E-state index contributed by atoms with van der Waals surface area (Å²) in [7, 11) is 1.60. The van der Waals surface area contributed by atoms with Crippen LogP contribution in [0.3, 0.4) is 0 Å².